The molecule has 4 heteroatoms. The van der Waals surface area contributed by atoms with E-state index in [1.54, 1.807) is 6.08 Å². The zero-order valence-electron chi connectivity index (χ0n) is 12.0. The van der Waals surface area contributed by atoms with Gasteiger partial charge in [0, 0.05) is 25.7 Å². The summed E-state index contributed by atoms with van der Waals surface area (Å²) in [7, 11) is 2.16. The second kappa shape index (κ2) is 7.22. The summed E-state index contributed by atoms with van der Waals surface area (Å²) in [5.41, 5.74) is 2.18. The lowest BCUT2D eigenvalue weighted by Crippen LogP contribution is -2.28. The van der Waals surface area contributed by atoms with Gasteiger partial charge in [0.1, 0.15) is 0 Å². The molecule has 0 aromatic heterocycles. The van der Waals surface area contributed by atoms with E-state index in [1.165, 1.54) is 18.1 Å². The van der Waals surface area contributed by atoms with Crippen LogP contribution in [0.15, 0.2) is 30.3 Å². The minimum atomic E-state index is -0.906. The second-order valence-corrected chi connectivity index (χ2v) is 5.30. The Bertz CT molecular complexity index is 485. The van der Waals surface area contributed by atoms with Crippen LogP contribution in [0.2, 0.25) is 0 Å². The van der Waals surface area contributed by atoms with Gasteiger partial charge < -0.3 is 10.0 Å². The van der Waals surface area contributed by atoms with Crippen molar-refractivity contribution in [2.45, 2.75) is 13.0 Å². The van der Waals surface area contributed by atoms with Crippen LogP contribution in [-0.4, -0.2) is 54.1 Å². The molecule has 1 aromatic rings. The number of likely N-dealkylation sites (N-methyl/N-ethyl adjacent to an activating group) is 1. The number of aliphatic carboxylic acids is 1. The van der Waals surface area contributed by atoms with Gasteiger partial charge in [-0.25, -0.2) is 4.79 Å². The molecule has 0 bridgehead atoms. The highest BCUT2D eigenvalue weighted by Crippen LogP contribution is 2.15. The van der Waals surface area contributed by atoms with Gasteiger partial charge in [-0.3, -0.25) is 4.90 Å². The number of hydrogen-bond donors (Lipinski definition) is 1. The molecule has 0 saturated carbocycles. The molecule has 108 valence electrons. The summed E-state index contributed by atoms with van der Waals surface area (Å²) >= 11 is 0. The minimum absolute atomic E-state index is 0.883. The van der Waals surface area contributed by atoms with Crippen LogP contribution in [0.1, 0.15) is 17.5 Å². The number of rotatable bonds is 4. The van der Waals surface area contributed by atoms with Gasteiger partial charge in [0.05, 0.1) is 0 Å². The predicted molar refractivity (Wildman–Crippen MR) is 80.5 cm³/mol. The number of carbonyl (C=O) groups is 1. The van der Waals surface area contributed by atoms with E-state index in [9.17, 15) is 4.79 Å². The summed E-state index contributed by atoms with van der Waals surface area (Å²) in [4.78, 5) is 15.5. The first kappa shape index (κ1) is 14.8. The first-order valence-electron chi connectivity index (χ1n) is 7.05. The monoisotopic (exact) mass is 274 g/mol. The molecule has 0 aliphatic carbocycles. The molecule has 0 amide bonds. The Balaban J connectivity index is 2.06. The molecule has 0 unspecified atom stereocenters. The molecule has 1 aliphatic rings. The van der Waals surface area contributed by atoms with Crippen molar-refractivity contribution < 1.29 is 9.90 Å². The fourth-order valence-electron chi connectivity index (χ4n) is 2.50. The Labute approximate surface area is 120 Å². The maximum Gasteiger partial charge on any atom is 0.328 e. The third-order valence-corrected chi connectivity index (χ3v) is 3.67. The molecule has 1 saturated heterocycles. The highest BCUT2D eigenvalue weighted by Gasteiger charge is 2.13. The van der Waals surface area contributed by atoms with Crippen molar-refractivity contribution in [3.63, 3.8) is 0 Å². The van der Waals surface area contributed by atoms with E-state index in [1.807, 2.05) is 18.2 Å². The average molecular weight is 274 g/mol. The third kappa shape index (κ3) is 4.47. The normalized spacial score (nSPS) is 18.2. The lowest BCUT2D eigenvalue weighted by Gasteiger charge is -2.21. The van der Waals surface area contributed by atoms with Gasteiger partial charge in [-0.2, -0.15) is 0 Å². The number of benzene rings is 1. The van der Waals surface area contributed by atoms with E-state index in [-0.39, 0.29) is 0 Å². The molecular formula is C16H22N2O2. The summed E-state index contributed by atoms with van der Waals surface area (Å²) in [5, 5.41) is 8.75. The van der Waals surface area contributed by atoms with Crippen LogP contribution in [-0.2, 0) is 11.3 Å². The minimum Gasteiger partial charge on any atom is -0.478 e. The van der Waals surface area contributed by atoms with Gasteiger partial charge in [-0.1, -0.05) is 24.3 Å². The number of nitrogens with zero attached hydrogens (tertiary/aromatic N) is 2. The van der Waals surface area contributed by atoms with E-state index in [4.69, 9.17) is 5.11 Å². The highest BCUT2D eigenvalue weighted by atomic mass is 16.4. The van der Waals surface area contributed by atoms with Crippen molar-refractivity contribution in [1.82, 2.24) is 9.80 Å². The molecule has 2 rings (SSSR count). The maximum absolute atomic E-state index is 10.7. The lowest BCUT2D eigenvalue weighted by atomic mass is 10.1. The van der Waals surface area contributed by atoms with Crippen LogP contribution in [0, 0.1) is 0 Å². The quantitative estimate of drug-likeness (QED) is 0.852. The standard InChI is InChI=1S/C16H22N2O2/c1-17-9-4-10-18(12-11-17)13-15-6-3-2-5-14(15)7-8-16(19)20/h2-3,5-8H,4,9-13H2,1H3,(H,19,20). The van der Waals surface area contributed by atoms with Crippen molar-refractivity contribution >= 4 is 12.0 Å². The average Bonchev–Trinajstić information content (AvgIpc) is 2.63. The summed E-state index contributed by atoms with van der Waals surface area (Å²) in [6.07, 6.45) is 4.07. The summed E-state index contributed by atoms with van der Waals surface area (Å²) in [5.74, 6) is -0.906. The van der Waals surface area contributed by atoms with Gasteiger partial charge in [0.2, 0.25) is 0 Å². The van der Waals surface area contributed by atoms with Gasteiger partial charge in [0.25, 0.3) is 0 Å². The van der Waals surface area contributed by atoms with E-state index in [0.717, 1.165) is 38.3 Å². The van der Waals surface area contributed by atoms with E-state index < -0.39 is 5.97 Å². The fraction of sp³-hybridized carbons (Fsp3) is 0.438. The van der Waals surface area contributed by atoms with Crippen LogP contribution in [0.4, 0.5) is 0 Å². The maximum atomic E-state index is 10.7. The van der Waals surface area contributed by atoms with Gasteiger partial charge in [-0.05, 0) is 43.8 Å². The van der Waals surface area contributed by atoms with E-state index >= 15 is 0 Å². The van der Waals surface area contributed by atoms with E-state index in [2.05, 4.69) is 22.9 Å². The van der Waals surface area contributed by atoms with Crippen LogP contribution in [0.5, 0.6) is 0 Å². The Hall–Kier alpha value is -1.65. The SMILES string of the molecule is CN1CCCN(Cc2ccccc2C=CC(=O)O)CC1. The Morgan fingerprint density at radius 2 is 2.05 bits per heavy atom. The number of carboxylic acid groups (broad SMARTS) is 1. The van der Waals surface area contributed by atoms with Crippen molar-refractivity contribution in [1.29, 1.82) is 0 Å². The van der Waals surface area contributed by atoms with Crippen molar-refractivity contribution in [3.05, 3.63) is 41.5 Å². The number of carboxylic acids is 1. The van der Waals surface area contributed by atoms with E-state index in [0.29, 0.717) is 0 Å². The molecule has 1 fully saturated rings. The molecule has 1 N–H and O–H groups in total. The van der Waals surface area contributed by atoms with Crippen LogP contribution in [0.25, 0.3) is 6.08 Å². The molecule has 0 radical (unpaired) electrons. The summed E-state index contributed by atoms with van der Waals surface area (Å²) < 4.78 is 0. The van der Waals surface area contributed by atoms with Gasteiger partial charge >= 0.3 is 5.97 Å². The fourth-order valence-corrected chi connectivity index (χ4v) is 2.50. The van der Waals surface area contributed by atoms with Crippen molar-refractivity contribution in [2.24, 2.45) is 0 Å². The Morgan fingerprint density at radius 3 is 2.85 bits per heavy atom. The second-order valence-electron chi connectivity index (χ2n) is 5.30. The van der Waals surface area contributed by atoms with Gasteiger partial charge in [0.15, 0.2) is 0 Å². The number of hydrogen-bond acceptors (Lipinski definition) is 3. The smallest absolute Gasteiger partial charge is 0.328 e. The Morgan fingerprint density at radius 1 is 1.25 bits per heavy atom. The lowest BCUT2D eigenvalue weighted by molar-refractivity contribution is -0.131. The third-order valence-electron chi connectivity index (χ3n) is 3.67. The molecular weight excluding hydrogens is 252 g/mol. The van der Waals surface area contributed by atoms with Crippen molar-refractivity contribution in [3.8, 4) is 0 Å². The molecule has 1 aliphatic heterocycles. The largest absolute Gasteiger partial charge is 0.478 e. The summed E-state index contributed by atoms with van der Waals surface area (Å²) in [6, 6.07) is 8.01. The zero-order valence-corrected chi connectivity index (χ0v) is 12.0. The zero-order chi connectivity index (χ0) is 14.4. The first-order valence-corrected chi connectivity index (χ1v) is 7.05. The topological polar surface area (TPSA) is 43.8 Å². The molecule has 20 heavy (non-hydrogen) atoms. The first-order chi connectivity index (χ1) is 9.65. The summed E-state index contributed by atoms with van der Waals surface area (Å²) in [6.45, 7) is 5.28. The predicted octanol–water partition coefficient (Wildman–Crippen LogP) is 1.92. The Kier molecular flexibility index (Phi) is 5.32. The van der Waals surface area contributed by atoms with Gasteiger partial charge in [-0.15, -0.1) is 0 Å². The van der Waals surface area contributed by atoms with Crippen molar-refractivity contribution in [2.75, 3.05) is 33.2 Å². The highest BCUT2D eigenvalue weighted by molar-refractivity contribution is 5.85. The van der Waals surface area contributed by atoms with Crippen LogP contribution >= 0.6 is 0 Å². The van der Waals surface area contributed by atoms with Crippen LogP contribution in [0.3, 0.4) is 0 Å². The molecule has 0 spiro atoms. The molecule has 4 nitrogen and oxygen atoms in total. The van der Waals surface area contributed by atoms with Crippen LogP contribution < -0.4 is 0 Å². The molecule has 0 atom stereocenters. The molecule has 1 heterocycles. The molecule has 1 aromatic carbocycles.